The molecule has 1 N–H and O–H groups in total. The third kappa shape index (κ3) is 3.13. The number of hydrogen-bond donors (Lipinski definition) is 1. The number of nitrogens with zero attached hydrogens (tertiary/aromatic N) is 2. The maximum absolute atomic E-state index is 13.2. The van der Waals surface area contributed by atoms with Gasteiger partial charge in [0.1, 0.15) is 0 Å². The molecule has 1 aromatic rings. The highest BCUT2D eigenvalue weighted by molar-refractivity contribution is 6.10. The summed E-state index contributed by atoms with van der Waals surface area (Å²) in [6.07, 6.45) is 4.45. The van der Waals surface area contributed by atoms with Crippen molar-refractivity contribution in [1.29, 1.82) is 0 Å². The van der Waals surface area contributed by atoms with Gasteiger partial charge in [-0.1, -0.05) is 0 Å². The van der Waals surface area contributed by atoms with E-state index in [0.717, 1.165) is 76.5 Å². The molecule has 1 atom stereocenters. The Bertz CT molecular complexity index is 676. The molecule has 1 aromatic heterocycles. The summed E-state index contributed by atoms with van der Waals surface area (Å²) < 4.78 is 5.45. The molecule has 3 aliphatic rings. The third-order valence-corrected chi connectivity index (χ3v) is 5.83. The molecule has 0 aromatic carbocycles. The maximum atomic E-state index is 13.2. The van der Waals surface area contributed by atoms with Gasteiger partial charge in [-0.05, 0) is 32.6 Å². The normalized spacial score (nSPS) is 25.1. The topological polar surface area (TPSA) is 65.6 Å². The minimum Gasteiger partial charge on any atom is -0.379 e. The summed E-state index contributed by atoms with van der Waals surface area (Å²) in [4.78, 5) is 33.4. The Morgan fingerprint density at radius 1 is 1.16 bits per heavy atom. The zero-order valence-electron chi connectivity index (χ0n) is 15.0. The minimum absolute atomic E-state index is 0.0307. The summed E-state index contributed by atoms with van der Waals surface area (Å²) in [6, 6.07) is 0.410. The SMILES string of the molecule is Cc1[nH]c2c(c1C(=O)N1CCC[C@H](N3CCOCC3)C1)C(=O)CCC2. The lowest BCUT2D eigenvalue weighted by atomic mass is 9.92. The molecule has 0 spiro atoms. The minimum atomic E-state index is 0.0307. The van der Waals surface area contributed by atoms with Gasteiger partial charge in [-0.2, -0.15) is 0 Å². The summed E-state index contributed by atoms with van der Waals surface area (Å²) in [6.45, 7) is 6.92. The molecule has 25 heavy (non-hydrogen) atoms. The Hall–Kier alpha value is -1.66. The van der Waals surface area contributed by atoms with Crippen molar-refractivity contribution < 1.29 is 14.3 Å². The van der Waals surface area contributed by atoms with E-state index in [0.29, 0.717) is 23.6 Å². The standard InChI is InChI=1S/C19H27N3O3/c1-13-17(18-15(20-13)5-2-6-16(18)23)19(24)22-7-3-4-14(12-22)21-8-10-25-11-9-21/h14,20H,2-12H2,1H3/t14-/m0/s1. The third-order valence-electron chi connectivity index (χ3n) is 5.83. The van der Waals surface area contributed by atoms with Crippen LogP contribution < -0.4 is 0 Å². The number of carbonyl (C=O) groups is 2. The lowest BCUT2D eigenvalue weighted by Gasteiger charge is -2.41. The zero-order valence-corrected chi connectivity index (χ0v) is 15.0. The number of ketones is 1. The largest absolute Gasteiger partial charge is 0.379 e. The summed E-state index contributed by atoms with van der Waals surface area (Å²) >= 11 is 0. The van der Waals surface area contributed by atoms with E-state index in [1.54, 1.807) is 0 Å². The van der Waals surface area contributed by atoms with Crippen LogP contribution in [-0.2, 0) is 11.2 Å². The summed E-state index contributed by atoms with van der Waals surface area (Å²) in [5, 5.41) is 0. The van der Waals surface area contributed by atoms with Crippen LogP contribution in [-0.4, -0.2) is 71.9 Å². The Labute approximate surface area is 148 Å². The highest BCUT2D eigenvalue weighted by Crippen LogP contribution is 2.29. The Kier molecular flexibility index (Phi) is 4.65. The van der Waals surface area contributed by atoms with E-state index in [4.69, 9.17) is 4.74 Å². The first kappa shape index (κ1) is 16.8. The van der Waals surface area contributed by atoms with E-state index in [1.807, 2.05) is 11.8 Å². The van der Waals surface area contributed by atoms with Gasteiger partial charge in [0.05, 0.1) is 24.3 Å². The first-order chi connectivity index (χ1) is 12.1. The second-order valence-corrected chi connectivity index (χ2v) is 7.45. The Morgan fingerprint density at radius 2 is 1.96 bits per heavy atom. The summed E-state index contributed by atoms with van der Waals surface area (Å²) in [5.41, 5.74) is 3.10. The molecule has 1 aliphatic carbocycles. The van der Waals surface area contributed by atoms with E-state index >= 15 is 0 Å². The van der Waals surface area contributed by atoms with Crippen LogP contribution in [0.4, 0.5) is 0 Å². The summed E-state index contributed by atoms with van der Waals surface area (Å²) in [5.74, 6) is 0.152. The van der Waals surface area contributed by atoms with Crippen molar-refractivity contribution in [2.24, 2.45) is 0 Å². The molecule has 2 aliphatic heterocycles. The van der Waals surface area contributed by atoms with E-state index in [1.165, 1.54) is 0 Å². The van der Waals surface area contributed by atoms with E-state index in [2.05, 4.69) is 9.88 Å². The van der Waals surface area contributed by atoms with E-state index < -0.39 is 0 Å². The molecule has 0 bridgehead atoms. The van der Waals surface area contributed by atoms with Crippen molar-refractivity contribution in [1.82, 2.24) is 14.8 Å². The summed E-state index contributed by atoms with van der Waals surface area (Å²) in [7, 11) is 0. The number of nitrogens with one attached hydrogen (secondary N) is 1. The number of likely N-dealkylation sites (tertiary alicyclic amines) is 1. The number of carbonyl (C=O) groups excluding carboxylic acids is 2. The van der Waals surface area contributed by atoms with Gasteiger partial charge in [0.2, 0.25) is 0 Å². The average Bonchev–Trinajstić information content (AvgIpc) is 2.99. The van der Waals surface area contributed by atoms with Gasteiger partial charge < -0.3 is 14.6 Å². The van der Waals surface area contributed by atoms with E-state index in [-0.39, 0.29) is 11.7 Å². The highest BCUT2D eigenvalue weighted by Gasteiger charge is 2.34. The van der Waals surface area contributed by atoms with Crippen molar-refractivity contribution in [2.75, 3.05) is 39.4 Å². The van der Waals surface area contributed by atoms with Crippen LogP contribution in [0.2, 0.25) is 0 Å². The van der Waals surface area contributed by atoms with Gasteiger partial charge in [-0.15, -0.1) is 0 Å². The molecule has 2 fully saturated rings. The van der Waals surface area contributed by atoms with Crippen molar-refractivity contribution in [3.05, 3.63) is 22.5 Å². The predicted molar refractivity (Wildman–Crippen MR) is 94.1 cm³/mol. The quantitative estimate of drug-likeness (QED) is 0.887. The van der Waals surface area contributed by atoms with Crippen LogP contribution in [0.25, 0.3) is 0 Å². The van der Waals surface area contributed by atoms with Crippen LogP contribution in [0.5, 0.6) is 0 Å². The van der Waals surface area contributed by atoms with Gasteiger partial charge in [-0.3, -0.25) is 14.5 Å². The molecule has 136 valence electrons. The van der Waals surface area contributed by atoms with Crippen molar-refractivity contribution in [2.45, 2.75) is 45.1 Å². The number of Topliss-reactive ketones (excluding diaryl/α,β-unsaturated/α-hetero) is 1. The number of H-pyrrole nitrogens is 1. The molecule has 6 heteroatoms. The molecule has 0 radical (unpaired) electrons. The number of amides is 1. The molecule has 1 amide bonds. The fourth-order valence-electron chi connectivity index (χ4n) is 4.54. The van der Waals surface area contributed by atoms with Crippen molar-refractivity contribution >= 4 is 11.7 Å². The van der Waals surface area contributed by atoms with E-state index in [9.17, 15) is 9.59 Å². The number of aryl methyl sites for hydroxylation is 2. The van der Waals surface area contributed by atoms with Gasteiger partial charge in [0.15, 0.2) is 5.78 Å². The van der Waals surface area contributed by atoms with Gasteiger partial charge in [0, 0.05) is 50.0 Å². The monoisotopic (exact) mass is 345 g/mol. The number of aromatic nitrogens is 1. The molecular weight excluding hydrogens is 318 g/mol. The molecule has 0 unspecified atom stereocenters. The Morgan fingerprint density at radius 3 is 2.76 bits per heavy atom. The fourth-order valence-corrected chi connectivity index (χ4v) is 4.54. The fraction of sp³-hybridized carbons (Fsp3) is 0.684. The van der Waals surface area contributed by atoms with Gasteiger partial charge >= 0.3 is 0 Å². The molecule has 3 heterocycles. The van der Waals surface area contributed by atoms with Crippen LogP contribution in [0, 0.1) is 6.92 Å². The van der Waals surface area contributed by atoms with Crippen LogP contribution in [0.15, 0.2) is 0 Å². The number of morpholine rings is 1. The lowest BCUT2D eigenvalue weighted by Crippen LogP contribution is -2.52. The smallest absolute Gasteiger partial charge is 0.256 e. The number of ether oxygens (including phenoxy) is 1. The van der Waals surface area contributed by atoms with Gasteiger partial charge in [-0.25, -0.2) is 0 Å². The number of fused-ring (bicyclic) bond motifs is 1. The second kappa shape index (κ2) is 6.92. The maximum Gasteiger partial charge on any atom is 0.256 e. The van der Waals surface area contributed by atoms with Crippen molar-refractivity contribution in [3.63, 3.8) is 0 Å². The first-order valence-electron chi connectivity index (χ1n) is 9.51. The number of rotatable bonds is 2. The number of aromatic amines is 1. The van der Waals surface area contributed by atoms with Crippen LogP contribution in [0.3, 0.4) is 0 Å². The second-order valence-electron chi connectivity index (χ2n) is 7.45. The molecule has 0 saturated carbocycles. The molecule has 6 nitrogen and oxygen atoms in total. The molecular formula is C19H27N3O3. The lowest BCUT2D eigenvalue weighted by molar-refractivity contribution is -0.00123. The zero-order chi connectivity index (χ0) is 17.4. The molecule has 4 rings (SSSR count). The average molecular weight is 345 g/mol. The van der Waals surface area contributed by atoms with Crippen LogP contribution >= 0.6 is 0 Å². The first-order valence-corrected chi connectivity index (χ1v) is 9.51. The van der Waals surface area contributed by atoms with Crippen molar-refractivity contribution in [3.8, 4) is 0 Å². The Balaban J connectivity index is 1.55. The van der Waals surface area contributed by atoms with Crippen LogP contribution in [0.1, 0.15) is 57.8 Å². The number of piperidine rings is 1. The predicted octanol–water partition coefficient (Wildman–Crippen LogP) is 1.78. The highest BCUT2D eigenvalue weighted by atomic mass is 16.5. The number of hydrogen-bond acceptors (Lipinski definition) is 4. The van der Waals surface area contributed by atoms with Gasteiger partial charge in [0.25, 0.3) is 5.91 Å². The molecule has 2 saturated heterocycles.